The molecule has 3 fully saturated rings. The summed E-state index contributed by atoms with van der Waals surface area (Å²) in [6.45, 7) is 8.11. The molecule has 3 aromatic carbocycles. The van der Waals surface area contributed by atoms with Crippen molar-refractivity contribution in [2.24, 2.45) is 0 Å². The summed E-state index contributed by atoms with van der Waals surface area (Å²) in [6.07, 6.45) is 14.6. The number of hydrogen-bond acceptors (Lipinski definition) is 9. The van der Waals surface area contributed by atoms with E-state index in [0.717, 1.165) is 122 Å². The van der Waals surface area contributed by atoms with Crippen LogP contribution in [0.5, 0.6) is 23.0 Å². The Hall–Kier alpha value is -5.41. The highest BCUT2D eigenvalue weighted by molar-refractivity contribution is 5.99. The van der Waals surface area contributed by atoms with Gasteiger partial charge in [0, 0.05) is 73.2 Å². The first-order valence-electron chi connectivity index (χ1n) is 21.5. The second-order valence-electron chi connectivity index (χ2n) is 16.5. The van der Waals surface area contributed by atoms with Crippen LogP contribution >= 0.6 is 0 Å². The Bertz CT molecular complexity index is 2240. The molecule has 2 aliphatic carbocycles. The van der Waals surface area contributed by atoms with Crippen LogP contribution in [0.4, 0.5) is 5.69 Å². The van der Waals surface area contributed by atoms with Gasteiger partial charge in [-0.2, -0.15) is 0 Å². The summed E-state index contributed by atoms with van der Waals surface area (Å²) >= 11 is 0. The third-order valence-corrected chi connectivity index (χ3v) is 12.2. The van der Waals surface area contributed by atoms with E-state index in [1.807, 2.05) is 24.7 Å². The van der Waals surface area contributed by atoms with Gasteiger partial charge in [-0.05, 0) is 153 Å². The number of Topliss-reactive ketones (excluding diaryl/α,β-unsaturated/α-hetero) is 1. The summed E-state index contributed by atoms with van der Waals surface area (Å²) in [5.74, 6) is 4.14. The molecule has 1 aliphatic heterocycles. The number of aromatic nitrogens is 2. The maximum absolute atomic E-state index is 12.6. The second kappa shape index (κ2) is 18.2. The van der Waals surface area contributed by atoms with E-state index in [2.05, 4.69) is 82.4 Å². The van der Waals surface area contributed by atoms with E-state index < -0.39 is 0 Å². The van der Waals surface area contributed by atoms with Crippen molar-refractivity contribution in [3.63, 3.8) is 0 Å². The van der Waals surface area contributed by atoms with Crippen molar-refractivity contribution < 1.29 is 23.7 Å². The van der Waals surface area contributed by atoms with Crippen LogP contribution in [0, 0.1) is 0 Å². The van der Waals surface area contributed by atoms with Gasteiger partial charge in [0.2, 0.25) is 0 Å². The average molecular weight is 795 g/mol. The number of methoxy groups -OCH3 is 3. The Morgan fingerprint density at radius 3 is 2.15 bits per heavy atom. The molecule has 0 bridgehead atoms. The SMILES string of the molecule is CCCCOc1ccc(N(Cc2ccnc(-c3cc(OC)c(OC)c(C4CC4)c3)c2)C2CCN(Cc3cncc(-c4cc(OC)c(C(C)=O)c(C5CC5)c4)c3)CC2)cc1. The van der Waals surface area contributed by atoms with E-state index in [0.29, 0.717) is 23.6 Å². The highest BCUT2D eigenvalue weighted by Crippen LogP contribution is 2.49. The molecule has 0 N–H and O–H groups in total. The summed E-state index contributed by atoms with van der Waals surface area (Å²) in [4.78, 5) is 27.3. The van der Waals surface area contributed by atoms with Crippen LogP contribution in [0.1, 0.15) is 110 Å². The zero-order valence-electron chi connectivity index (χ0n) is 35.3. The molecular weight excluding hydrogens is 737 g/mol. The summed E-state index contributed by atoms with van der Waals surface area (Å²) in [7, 11) is 5.08. The Balaban J connectivity index is 1.00. The number of rotatable bonds is 18. The smallest absolute Gasteiger partial charge is 0.164 e. The number of nitrogens with zero attached hydrogens (tertiary/aromatic N) is 4. The quantitative estimate of drug-likeness (QED) is 0.0636. The second-order valence-corrected chi connectivity index (χ2v) is 16.5. The zero-order chi connectivity index (χ0) is 40.9. The molecule has 0 spiro atoms. The molecule has 8 rings (SSSR count). The van der Waals surface area contributed by atoms with Crippen LogP contribution < -0.4 is 23.8 Å². The van der Waals surface area contributed by atoms with Crippen LogP contribution in [0.2, 0.25) is 0 Å². The zero-order valence-corrected chi connectivity index (χ0v) is 35.3. The van der Waals surface area contributed by atoms with Gasteiger partial charge in [0.05, 0.1) is 39.2 Å². The number of ketones is 1. The molecule has 2 saturated carbocycles. The topological polar surface area (TPSA) is 86.2 Å². The van der Waals surface area contributed by atoms with Gasteiger partial charge >= 0.3 is 0 Å². The minimum absolute atomic E-state index is 0.0555. The van der Waals surface area contributed by atoms with Gasteiger partial charge < -0.3 is 23.8 Å². The van der Waals surface area contributed by atoms with E-state index in [9.17, 15) is 4.79 Å². The molecule has 0 atom stereocenters. The number of ether oxygens (including phenoxy) is 4. The number of anilines is 1. The van der Waals surface area contributed by atoms with Gasteiger partial charge in [-0.1, -0.05) is 13.3 Å². The first-order chi connectivity index (χ1) is 28.8. The molecule has 3 aliphatic rings. The predicted molar refractivity (Wildman–Crippen MR) is 234 cm³/mol. The molecule has 9 nitrogen and oxygen atoms in total. The van der Waals surface area contributed by atoms with Crippen molar-refractivity contribution in [3.05, 3.63) is 113 Å². The number of piperidine rings is 1. The minimum atomic E-state index is 0.0555. The number of carbonyl (C=O) groups excluding carboxylic acids is 1. The van der Waals surface area contributed by atoms with Crippen molar-refractivity contribution >= 4 is 11.5 Å². The van der Waals surface area contributed by atoms with Gasteiger partial charge in [0.15, 0.2) is 17.3 Å². The molecule has 0 amide bonds. The van der Waals surface area contributed by atoms with E-state index in [1.54, 1.807) is 28.3 Å². The summed E-state index contributed by atoms with van der Waals surface area (Å²) in [5, 5.41) is 0. The van der Waals surface area contributed by atoms with Crippen molar-refractivity contribution in [2.75, 3.05) is 45.9 Å². The third-order valence-electron chi connectivity index (χ3n) is 12.2. The minimum Gasteiger partial charge on any atom is -0.496 e. The van der Waals surface area contributed by atoms with Crippen LogP contribution in [-0.2, 0) is 13.1 Å². The lowest BCUT2D eigenvalue weighted by molar-refractivity contribution is 0.101. The van der Waals surface area contributed by atoms with Crippen LogP contribution in [-0.4, -0.2) is 67.7 Å². The van der Waals surface area contributed by atoms with Gasteiger partial charge in [0.1, 0.15) is 11.5 Å². The number of likely N-dealkylation sites (tertiary alicyclic amines) is 1. The Kier molecular flexibility index (Phi) is 12.5. The molecule has 308 valence electrons. The Labute approximate surface area is 349 Å². The van der Waals surface area contributed by atoms with Gasteiger partial charge in [0.25, 0.3) is 0 Å². The van der Waals surface area contributed by atoms with Gasteiger partial charge in [-0.25, -0.2) is 0 Å². The highest BCUT2D eigenvalue weighted by atomic mass is 16.5. The van der Waals surface area contributed by atoms with E-state index >= 15 is 0 Å². The summed E-state index contributed by atoms with van der Waals surface area (Å²) < 4.78 is 23.4. The molecule has 3 heterocycles. The van der Waals surface area contributed by atoms with Crippen LogP contribution in [0.3, 0.4) is 0 Å². The van der Waals surface area contributed by atoms with Crippen molar-refractivity contribution in [1.29, 1.82) is 0 Å². The maximum Gasteiger partial charge on any atom is 0.164 e. The molecule has 0 radical (unpaired) electrons. The summed E-state index contributed by atoms with van der Waals surface area (Å²) in [6, 6.07) is 24.1. The van der Waals surface area contributed by atoms with Crippen molar-refractivity contribution in [2.45, 2.75) is 96.2 Å². The molecule has 0 unspecified atom stereocenters. The largest absolute Gasteiger partial charge is 0.496 e. The number of pyridine rings is 2. The average Bonchev–Trinajstić information content (AvgIpc) is 4.21. The first kappa shape index (κ1) is 40.4. The third kappa shape index (κ3) is 9.41. The van der Waals surface area contributed by atoms with Crippen molar-refractivity contribution in [3.8, 4) is 45.4 Å². The Morgan fingerprint density at radius 1 is 0.763 bits per heavy atom. The van der Waals surface area contributed by atoms with Gasteiger partial charge in [-0.3, -0.25) is 19.7 Å². The molecule has 59 heavy (non-hydrogen) atoms. The fraction of sp³-hybridized carbons (Fsp3) is 0.420. The van der Waals surface area contributed by atoms with E-state index in [1.165, 1.54) is 35.2 Å². The van der Waals surface area contributed by atoms with E-state index in [4.69, 9.17) is 23.9 Å². The lowest BCUT2D eigenvalue weighted by Crippen LogP contribution is -2.44. The number of carbonyl (C=O) groups is 1. The fourth-order valence-electron chi connectivity index (χ4n) is 8.70. The lowest BCUT2D eigenvalue weighted by Gasteiger charge is -2.40. The van der Waals surface area contributed by atoms with E-state index in [-0.39, 0.29) is 5.78 Å². The fourth-order valence-corrected chi connectivity index (χ4v) is 8.70. The Morgan fingerprint density at radius 2 is 1.47 bits per heavy atom. The molecule has 1 saturated heterocycles. The molecular formula is C50H58N4O5. The maximum atomic E-state index is 12.6. The standard InChI is InChI=1S/C50H58N4O5/c1-6-7-22-59-43-14-12-41(13-15-43)54(32-34-16-19-52-46(24-34)39-26-45(37-10-11-37)50(58-5)48(28-39)57-4)42-17-20-53(21-18-42)31-35-23-40(30-51-29-35)38-25-44(36-8-9-36)49(33(2)55)47(27-38)56-3/h12-16,19,23-30,36-37,42H,6-11,17-18,20-22,31-32H2,1-5H3. The first-order valence-corrected chi connectivity index (χ1v) is 21.5. The molecule has 2 aromatic heterocycles. The van der Waals surface area contributed by atoms with Crippen molar-refractivity contribution in [1.82, 2.24) is 14.9 Å². The number of unbranched alkanes of at least 4 members (excludes halogenated alkanes) is 1. The van der Waals surface area contributed by atoms with Crippen LogP contribution in [0.15, 0.2) is 85.3 Å². The highest BCUT2D eigenvalue weighted by Gasteiger charge is 2.31. The molecule has 5 aromatic rings. The lowest BCUT2D eigenvalue weighted by atomic mass is 9.93. The normalized spacial score (nSPS) is 15.8. The number of benzene rings is 3. The van der Waals surface area contributed by atoms with Crippen LogP contribution in [0.25, 0.3) is 22.4 Å². The molecule has 9 heteroatoms. The summed E-state index contributed by atoms with van der Waals surface area (Å²) in [5.41, 5.74) is 10.7. The van der Waals surface area contributed by atoms with Gasteiger partial charge in [-0.15, -0.1) is 0 Å². The predicted octanol–water partition coefficient (Wildman–Crippen LogP) is 10.6. The number of hydrogen-bond donors (Lipinski definition) is 0. The monoisotopic (exact) mass is 794 g/mol.